The maximum Gasteiger partial charge on any atom is 0.326 e. The van der Waals surface area contributed by atoms with Crippen molar-refractivity contribution in [3.8, 4) is 0 Å². The highest BCUT2D eigenvalue weighted by Crippen LogP contribution is 2.32. The van der Waals surface area contributed by atoms with Crippen LogP contribution in [0.2, 0.25) is 0 Å². The fraction of sp³-hybridized carbons (Fsp3) is 0.463. The number of rotatable bonds is 26. The van der Waals surface area contributed by atoms with Crippen molar-refractivity contribution in [1.29, 1.82) is 0 Å². The minimum Gasteiger partial charge on any atom is -0.481 e. The normalized spacial score (nSPS) is 18.5. The van der Waals surface area contributed by atoms with Crippen molar-refractivity contribution in [2.24, 2.45) is 17.6 Å². The molecule has 0 spiro atoms. The van der Waals surface area contributed by atoms with Crippen LogP contribution < -0.4 is 33.0 Å². The van der Waals surface area contributed by atoms with Crippen LogP contribution in [0.25, 0.3) is 11.2 Å². The topological polar surface area (TPSA) is 424 Å². The standard InChI is InChI=1S/C41H48N10O16S3/c42-23(13-45-30(55)6-3-19(39(63)64)7-25(52)18-1-4-21(5-2-18)44-11-22-12-46-35-34(47-22)37(61)50-41(43)49-35)36(60)48-24(9-32(57)58)26(53)8-20(40(65)66)15-68-29-10-31(56)51(38(29)62)14-33(59)67-28-17-70-69-16-27(28)54/h1-2,4-5,12,19-20,23-24,27-29,44,54H,3,6-11,13-17,42H2,(H,45,55)(H,48,60)(H,57,58)(H,63,64)(H,65,66)(H3,43,46,49,50,61)/t19-,20+,23+,24+,27-,28-,29?/m0/s1. The molecule has 0 saturated carbocycles. The number of nitrogens with one attached hydrogen (secondary N) is 4. The Kier molecular flexibility index (Phi) is 19.6. The number of hydrogen-bond donors (Lipinski definition) is 10. The van der Waals surface area contributed by atoms with E-state index in [1.165, 1.54) is 39.9 Å². The number of carboxylic acids is 3. The SMILES string of the molecule is Nc1nc2ncc(CNc3ccc(C(=O)C[C@H](CCC(=O)NC[C@@H](N)C(=O)N[C@H](CC(=O)O)C(=O)C[C@H](CSC4CC(=O)N(CC(=O)O[C@H]5CSSC[C@@H]5O)C4=O)C(=O)O)C(=O)O)cc3)nc2c(=O)[nH]1. The second kappa shape index (κ2) is 25.3. The van der Waals surface area contributed by atoms with Gasteiger partial charge in [0, 0.05) is 60.7 Å². The number of esters is 1. The third kappa shape index (κ3) is 15.7. The van der Waals surface area contributed by atoms with Gasteiger partial charge < -0.3 is 52.6 Å². The number of nitrogens with zero attached hydrogens (tertiary/aromatic N) is 4. The van der Waals surface area contributed by atoms with Crippen LogP contribution in [0.5, 0.6) is 0 Å². The van der Waals surface area contributed by atoms with Gasteiger partial charge in [-0.1, -0.05) is 21.6 Å². The molecule has 2 aliphatic rings. The number of Topliss-reactive ketones (excluding diaryl/α,β-unsaturated/α-hetero) is 2. The van der Waals surface area contributed by atoms with Gasteiger partial charge in [-0.15, -0.1) is 11.8 Å². The van der Waals surface area contributed by atoms with E-state index in [1.807, 2.05) is 0 Å². The number of nitrogens with two attached hydrogens (primary N) is 2. The lowest BCUT2D eigenvalue weighted by Gasteiger charge is -2.26. The molecule has 4 amide bonds. The summed E-state index contributed by atoms with van der Waals surface area (Å²) >= 11 is 0.733. The molecule has 12 N–H and O–H groups in total. The van der Waals surface area contributed by atoms with Crippen LogP contribution in [0, 0.1) is 11.8 Å². The summed E-state index contributed by atoms with van der Waals surface area (Å²) in [5.74, 6) is -12.9. The second-order valence-electron chi connectivity index (χ2n) is 15.9. The highest BCUT2D eigenvalue weighted by molar-refractivity contribution is 8.76. The van der Waals surface area contributed by atoms with Crippen molar-refractivity contribution in [1.82, 2.24) is 35.5 Å². The van der Waals surface area contributed by atoms with Crippen LogP contribution in [0.4, 0.5) is 11.6 Å². The molecule has 2 saturated heterocycles. The average molecular weight is 1030 g/mol. The number of hydrogen-bond acceptors (Lipinski definition) is 22. The molecule has 0 bridgehead atoms. The third-order valence-corrected chi connectivity index (χ3v) is 14.4. The van der Waals surface area contributed by atoms with Crippen LogP contribution in [0.1, 0.15) is 54.6 Å². The molecular weight excluding hydrogens is 985 g/mol. The van der Waals surface area contributed by atoms with E-state index in [1.54, 1.807) is 12.1 Å². The number of likely N-dealkylation sites (tertiary alicyclic amines) is 1. The van der Waals surface area contributed by atoms with Gasteiger partial charge in [0.25, 0.3) is 5.56 Å². The molecule has 376 valence electrons. The van der Waals surface area contributed by atoms with Crippen LogP contribution in [0.15, 0.2) is 35.3 Å². The quantitative estimate of drug-likeness (QED) is 0.0190. The first-order valence-corrected chi connectivity index (χ1v) is 24.7. The average Bonchev–Trinajstić information content (AvgIpc) is 3.57. The van der Waals surface area contributed by atoms with E-state index in [4.69, 9.17) is 16.2 Å². The summed E-state index contributed by atoms with van der Waals surface area (Å²) in [6.45, 7) is -1.12. The monoisotopic (exact) mass is 1030 g/mol. The molecule has 2 fully saturated rings. The smallest absolute Gasteiger partial charge is 0.326 e. The molecule has 2 aliphatic heterocycles. The van der Waals surface area contributed by atoms with E-state index in [0.29, 0.717) is 27.8 Å². The number of aromatic amines is 1. The molecule has 0 radical (unpaired) electrons. The van der Waals surface area contributed by atoms with Crippen molar-refractivity contribution in [2.75, 3.05) is 41.4 Å². The molecule has 7 atom stereocenters. The molecule has 1 unspecified atom stereocenters. The number of imide groups is 1. The zero-order valence-electron chi connectivity index (χ0n) is 36.8. The summed E-state index contributed by atoms with van der Waals surface area (Å²) < 4.78 is 5.23. The third-order valence-electron chi connectivity index (χ3n) is 10.7. The van der Waals surface area contributed by atoms with Crippen molar-refractivity contribution in [3.05, 3.63) is 52.1 Å². The highest BCUT2D eigenvalue weighted by atomic mass is 33.1. The molecule has 4 heterocycles. The number of thioether (sulfide) groups is 1. The predicted octanol–water partition coefficient (Wildman–Crippen LogP) is -1.45. The van der Waals surface area contributed by atoms with Gasteiger partial charge in [0.15, 0.2) is 22.7 Å². The van der Waals surface area contributed by atoms with Gasteiger partial charge in [0.05, 0.1) is 48.0 Å². The Morgan fingerprint density at radius 1 is 0.943 bits per heavy atom. The van der Waals surface area contributed by atoms with Gasteiger partial charge in [-0.2, -0.15) is 4.98 Å². The largest absolute Gasteiger partial charge is 0.481 e. The van der Waals surface area contributed by atoms with Crippen molar-refractivity contribution < 1.29 is 73.1 Å². The zero-order chi connectivity index (χ0) is 51.2. The lowest BCUT2D eigenvalue weighted by atomic mass is 9.94. The Balaban J connectivity index is 1.04. The van der Waals surface area contributed by atoms with Gasteiger partial charge in [0.2, 0.25) is 29.6 Å². The summed E-state index contributed by atoms with van der Waals surface area (Å²) in [4.78, 5) is 153. The zero-order valence-corrected chi connectivity index (χ0v) is 39.2. The van der Waals surface area contributed by atoms with Gasteiger partial charge >= 0.3 is 23.9 Å². The maximum absolute atomic E-state index is 13.2. The number of carbonyl (C=O) groups is 10. The van der Waals surface area contributed by atoms with Crippen molar-refractivity contribution >= 4 is 115 Å². The number of benzene rings is 1. The van der Waals surface area contributed by atoms with E-state index < -0.39 is 151 Å². The van der Waals surface area contributed by atoms with E-state index >= 15 is 0 Å². The number of H-pyrrole nitrogens is 1. The van der Waals surface area contributed by atoms with Crippen LogP contribution in [-0.4, -0.2) is 164 Å². The molecule has 70 heavy (non-hydrogen) atoms. The number of carboxylic acid groups (broad SMARTS) is 3. The number of carbonyl (C=O) groups excluding carboxylic acids is 7. The first-order chi connectivity index (χ1) is 33.2. The number of ketones is 2. The fourth-order valence-corrected chi connectivity index (χ4v) is 10.4. The number of anilines is 2. The molecule has 29 heteroatoms. The first-order valence-electron chi connectivity index (χ1n) is 21.2. The number of nitrogen functional groups attached to an aromatic ring is 1. The lowest BCUT2D eigenvalue weighted by molar-refractivity contribution is -0.158. The number of aliphatic hydroxyl groups is 1. The molecular formula is C41H48N10O16S3. The van der Waals surface area contributed by atoms with E-state index in [-0.39, 0.29) is 42.1 Å². The second-order valence-corrected chi connectivity index (χ2v) is 19.7. The summed E-state index contributed by atoms with van der Waals surface area (Å²) in [5.41, 5.74) is 12.1. The van der Waals surface area contributed by atoms with Gasteiger partial charge in [-0.3, -0.25) is 62.6 Å². The summed E-state index contributed by atoms with van der Waals surface area (Å²) in [6.07, 6.45) is -3.66. The molecule has 26 nitrogen and oxygen atoms in total. The number of fused-ring (bicyclic) bond motifs is 1. The maximum atomic E-state index is 13.2. The molecule has 1 aromatic carbocycles. The van der Waals surface area contributed by atoms with Crippen LogP contribution in [-0.2, 0) is 54.4 Å². The van der Waals surface area contributed by atoms with Gasteiger partial charge in [-0.25, -0.2) is 9.97 Å². The number of aliphatic hydroxyl groups excluding tert-OH is 1. The Morgan fingerprint density at radius 3 is 2.31 bits per heavy atom. The number of ether oxygens (including phenoxy) is 1. The van der Waals surface area contributed by atoms with E-state index in [2.05, 4.69) is 35.9 Å². The summed E-state index contributed by atoms with van der Waals surface area (Å²) in [5, 5.41) is 45.6. The molecule has 5 rings (SSSR count). The minimum absolute atomic E-state index is 0.00237. The molecule has 3 aromatic rings. The Bertz CT molecular complexity index is 2570. The fourth-order valence-electron chi connectivity index (χ4n) is 6.77. The Morgan fingerprint density at radius 2 is 1.64 bits per heavy atom. The Labute approximate surface area is 408 Å². The highest BCUT2D eigenvalue weighted by Gasteiger charge is 2.42. The minimum atomic E-state index is -1.77. The van der Waals surface area contributed by atoms with Gasteiger partial charge in [-0.05, 0) is 30.7 Å². The number of amides is 4. The van der Waals surface area contributed by atoms with Crippen molar-refractivity contribution in [3.63, 3.8) is 0 Å². The first kappa shape index (κ1) is 54.3. The molecule has 2 aromatic heterocycles. The predicted molar refractivity (Wildman–Crippen MR) is 250 cm³/mol. The summed E-state index contributed by atoms with van der Waals surface area (Å²) in [7, 11) is 2.78. The summed E-state index contributed by atoms with van der Waals surface area (Å²) in [6, 6.07) is 2.75. The number of aliphatic carboxylic acids is 3. The van der Waals surface area contributed by atoms with Crippen LogP contribution in [0.3, 0.4) is 0 Å². The Hall–Kier alpha value is -6.69. The van der Waals surface area contributed by atoms with E-state index in [0.717, 1.165) is 11.8 Å². The molecule has 0 aliphatic carbocycles. The van der Waals surface area contributed by atoms with E-state index in [9.17, 15) is 73.2 Å². The van der Waals surface area contributed by atoms with Crippen molar-refractivity contribution in [2.45, 2.75) is 74.6 Å². The lowest BCUT2D eigenvalue weighted by Crippen LogP contribution is -2.53. The van der Waals surface area contributed by atoms with Gasteiger partial charge in [0.1, 0.15) is 24.8 Å². The number of aromatic nitrogens is 4. The van der Waals surface area contributed by atoms with Crippen LogP contribution >= 0.6 is 33.3 Å².